The summed E-state index contributed by atoms with van der Waals surface area (Å²) in [4.78, 5) is 22.4. The molecule has 0 aliphatic heterocycles. The Morgan fingerprint density at radius 1 is 1.27 bits per heavy atom. The van der Waals surface area contributed by atoms with Gasteiger partial charge in [0.05, 0.1) is 6.54 Å². The standard InChI is InChI=1S/C10H21N3O2/c1-4-5-8(14)12-6-9(15)13-10(2,3)7-11/h4-7,11H2,1-3H3,(H,12,14)(H,13,15). The highest BCUT2D eigenvalue weighted by Gasteiger charge is 2.17. The maximum absolute atomic E-state index is 11.3. The molecular formula is C10H21N3O2. The predicted octanol–water partition coefficient (Wildman–Crippen LogP) is -0.244. The Labute approximate surface area is 90.8 Å². The third-order valence-electron chi connectivity index (χ3n) is 1.91. The van der Waals surface area contributed by atoms with E-state index in [2.05, 4.69) is 10.6 Å². The lowest BCUT2D eigenvalue weighted by Crippen LogP contribution is -2.51. The summed E-state index contributed by atoms with van der Waals surface area (Å²) in [5.41, 5.74) is 5.03. The lowest BCUT2D eigenvalue weighted by atomic mass is 10.1. The molecule has 0 saturated carbocycles. The fraction of sp³-hybridized carbons (Fsp3) is 0.800. The average Bonchev–Trinajstić information content (AvgIpc) is 2.15. The highest BCUT2D eigenvalue weighted by Crippen LogP contribution is 1.97. The third-order valence-corrected chi connectivity index (χ3v) is 1.91. The van der Waals surface area contributed by atoms with Crippen molar-refractivity contribution in [2.45, 2.75) is 39.2 Å². The summed E-state index contributed by atoms with van der Waals surface area (Å²) in [5, 5.41) is 5.26. The molecule has 0 heterocycles. The van der Waals surface area contributed by atoms with E-state index in [1.165, 1.54) is 0 Å². The molecule has 0 rings (SSSR count). The van der Waals surface area contributed by atoms with Crippen LogP contribution in [0.2, 0.25) is 0 Å². The highest BCUT2D eigenvalue weighted by atomic mass is 16.2. The largest absolute Gasteiger partial charge is 0.348 e. The zero-order valence-corrected chi connectivity index (χ0v) is 9.72. The second-order valence-electron chi connectivity index (χ2n) is 4.16. The van der Waals surface area contributed by atoms with Gasteiger partial charge in [0.2, 0.25) is 11.8 Å². The van der Waals surface area contributed by atoms with E-state index in [0.717, 1.165) is 6.42 Å². The average molecular weight is 215 g/mol. The zero-order valence-electron chi connectivity index (χ0n) is 9.72. The summed E-state index contributed by atoms with van der Waals surface area (Å²) in [5.74, 6) is -0.312. The van der Waals surface area contributed by atoms with Crippen molar-refractivity contribution in [3.05, 3.63) is 0 Å². The summed E-state index contributed by atoms with van der Waals surface area (Å²) in [7, 11) is 0. The lowest BCUT2D eigenvalue weighted by Gasteiger charge is -2.24. The Kier molecular flexibility index (Phi) is 5.93. The van der Waals surface area contributed by atoms with Crippen LogP contribution in [0.4, 0.5) is 0 Å². The summed E-state index contributed by atoms with van der Waals surface area (Å²) < 4.78 is 0. The summed E-state index contributed by atoms with van der Waals surface area (Å²) in [6.45, 7) is 5.96. The van der Waals surface area contributed by atoms with Gasteiger partial charge in [0, 0.05) is 18.5 Å². The van der Waals surface area contributed by atoms with E-state index in [-0.39, 0.29) is 18.4 Å². The summed E-state index contributed by atoms with van der Waals surface area (Å²) >= 11 is 0. The molecule has 4 N–H and O–H groups in total. The molecule has 5 nitrogen and oxygen atoms in total. The predicted molar refractivity (Wildman–Crippen MR) is 59.2 cm³/mol. The SMILES string of the molecule is CCCC(=O)NCC(=O)NC(C)(C)CN. The van der Waals surface area contributed by atoms with Gasteiger partial charge in [0.1, 0.15) is 0 Å². The molecule has 0 aromatic rings. The number of carbonyl (C=O) groups excluding carboxylic acids is 2. The molecule has 0 aromatic heterocycles. The quantitative estimate of drug-likeness (QED) is 0.571. The fourth-order valence-electron chi connectivity index (χ4n) is 0.967. The number of amides is 2. The van der Waals surface area contributed by atoms with Crippen LogP contribution in [0.15, 0.2) is 0 Å². The van der Waals surface area contributed by atoms with Crippen LogP contribution in [-0.4, -0.2) is 30.4 Å². The lowest BCUT2D eigenvalue weighted by molar-refractivity contribution is -0.126. The first-order chi connectivity index (χ1) is 6.91. The van der Waals surface area contributed by atoms with Crippen molar-refractivity contribution < 1.29 is 9.59 Å². The van der Waals surface area contributed by atoms with Gasteiger partial charge in [0.25, 0.3) is 0 Å². The van der Waals surface area contributed by atoms with E-state index in [0.29, 0.717) is 13.0 Å². The Morgan fingerprint density at radius 2 is 1.87 bits per heavy atom. The number of rotatable bonds is 6. The molecule has 0 spiro atoms. The van der Waals surface area contributed by atoms with Crippen molar-refractivity contribution >= 4 is 11.8 Å². The van der Waals surface area contributed by atoms with Crippen LogP contribution < -0.4 is 16.4 Å². The molecule has 0 aromatic carbocycles. The van der Waals surface area contributed by atoms with Crippen LogP contribution in [0, 0.1) is 0 Å². The van der Waals surface area contributed by atoms with Crippen molar-refractivity contribution in [1.29, 1.82) is 0 Å². The van der Waals surface area contributed by atoms with E-state index in [4.69, 9.17) is 5.73 Å². The van der Waals surface area contributed by atoms with Gasteiger partial charge in [-0.2, -0.15) is 0 Å². The zero-order chi connectivity index (χ0) is 11.9. The molecule has 0 aliphatic rings. The smallest absolute Gasteiger partial charge is 0.239 e. The molecule has 0 fully saturated rings. The normalized spacial score (nSPS) is 10.9. The molecule has 88 valence electrons. The van der Waals surface area contributed by atoms with Crippen LogP contribution >= 0.6 is 0 Å². The first-order valence-electron chi connectivity index (χ1n) is 5.19. The summed E-state index contributed by atoms with van der Waals surface area (Å²) in [6.07, 6.45) is 1.23. The maximum Gasteiger partial charge on any atom is 0.239 e. The van der Waals surface area contributed by atoms with Crippen molar-refractivity contribution in [3.8, 4) is 0 Å². The molecule has 0 unspecified atom stereocenters. The molecule has 5 heteroatoms. The highest BCUT2D eigenvalue weighted by molar-refractivity contribution is 5.84. The second-order valence-corrected chi connectivity index (χ2v) is 4.16. The fourth-order valence-corrected chi connectivity index (χ4v) is 0.967. The minimum atomic E-state index is -0.424. The first kappa shape index (κ1) is 13.9. The van der Waals surface area contributed by atoms with Gasteiger partial charge < -0.3 is 16.4 Å². The van der Waals surface area contributed by atoms with Gasteiger partial charge in [-0.3, -0.25) is 9.59 Å². The monoisotopic (exact) mass is 215 g/mol. The molecular weight excluding hydrogens is 194 g/mol. The van der Waals surface area contributed by atoms with Gasteiger partial charge in [0.15, 0.2) is 0 Å². The maximum atomic E-state index is 11.3. The summed E-state index contributed by atoms with van der Waals surface area (Å²) in [6, 6.07) is 0. The van der Waals surface area contributed by atoms with Crippen molar-refractivity contribution in [2.75, 3.05) is 13.1 Å². The van der Waals surface area contributed by atoms with Gasteiger partial charge in [-0.1, -0.05) is 6.92 Å². The molecule has 2 amide bonds. The minimum absolute atomic E-state index is 0.0161. The van der Waals surface area contributed by atoms with Crippen molar-refractivity contribution in [1.82, 2.24) is 10.6 Å². The molecule has 0 radical (unpaired) electrons. The van der Waals surface area contributed by atoms with Crippen molar-refractivity contribution in [3.63, 3.8) is 0 Å². The third kappa shape index (κ3) is 6.90. The minimum Gasteiger partial charge on any atom is -0.348 e. The Hall–Kier alpha value is -1.10. The molecule has 0 saturated heterocycles. The van der Waals surface area contributed by atoms with Crippen LogP contribution in [0.3, 0.4) is 0 Å². The van der Waals surface area contributed by atoms with Crippen LogP contribution in [0.1, 0.15) is 33.6 Å². The molecule has 0 atom stereocenters. The van der Waals surface area contributed by atoms with Crippen LogP contribution in [-0.2, 0) is 9.59 Å². The van der Waals surface area contributed by atoms with E-state index in [1.54, 1.807) is 0 Å². The Balaban J connectivity index is 3.80. The molecule has 15 heavy (non-hydrogen) atoms. The topological polar surface area (TPSA) is 84.2 Å². The van der Waals surface area contributed by atoms with Gasteiger partial charge in [-0.25, -0.2) is 0 Å². The van der Waals surface area contributed by atoms with Crippen molar-refractivity contribution in [2.24, 2.45) is 5.73 Å². The number of carbonyl (C=O) groups is 2. The van der Waals surface area contributed by atoms with E-state index in [1.807, 2.05) is 20.8 Å². The number of nitrogens with two attached hydrogens (primary N) is 1. The molecule has 0 aliphatic carbocycles. The first-order valence-corrected chi connectivity index (χ1v) is 5.19. The van der Waals surface area contributed by atoms with Crippen LogP contribution in [0.5, 0.6) is 0 Å². The van der Waals surface area contributed by atoms with E-state index >= 15 is 0 Å². The Morgan fingerprint density at radius 3 is 2.33 bits per heavy atom. The Bertz CT molecular complexity index is 227. The molecule has 0 bridgehead atoms. The van der Waals surface area contributed by atoms with Gasteiger partial charge >= 0.3 is 0 Å². The van der Waals surface area contributed by atoms with Gasteiger partial charge in [-0.15, -0.1) is 0 Å². The van der Waals surface area contributed by atoms with Gasteiger partial charge in [-0.05, 0) is 20.3 Å². The van der Waals surface area contributed by atoms with E-state index < -0.39 is 5.54 Å². The second kappa shape index (κ2) is 6.40. The number of hydrogen-bond donors (Lipinski definition) is 3. The van der Waals surface area contributed by atoms with Crippen LogP contribution in [0.25, 0.3) is 0 Å². The number of hydrogen-bond acceptors (Lipinski definition) is 3. The number of nitrogens with one attached hydrogen (secondary N) is 2. The van der Waals surface area contributed by atoms with E-state index in [9.17, 15) is 9.59 Å².